The molecule has 0 aromatic carbocycles. The molecule has 0 aromatic rings. The number of fused-ring (bicyclic) bond motifs is 2. The Morgan fingerprint density at radius 2 is 2.10 bits per heavy atom. The van der Waals surface area contributed by atoms with Gasteiger partial charge in [-0.1, -0.05) is 0 Å². The molecular weight excluding hydrogens is 264 g/mol. The lowest BCUT2D eigenvalue weighted by Crippen LogP contribution is -2.55. The van der Waals surface area contributed by atoms with Gasteiger partial charge in [-0.25, -0.2) is 4.79 Å². The smallest absolute Gasteiger partial charge is 0.315 e. The summed E-state index contributed by atoms with van der Waals surface area (Å²) in [4.78, 5) is 23.3. The lowest BCUT2D eigenvalue weighted by Gasteiger charge is -2.27. The van der Waals surface area contributed by atoms with Crippen molar-refractivity contribution in [1.29, 1.82) is 0 Å². The molecule has 0 spiro atoms. The van der Waals surface area contributed by atoms with E-state index in [-0.39, 0.29) is 37.5 Å². The Hall–Kier alpha value is -1.34. The second-order valence-electron chi connectivity index (χ2n) is 6.12. The Morgan fingerprint density at radius 1 is 1.30 bits per heavy atom. The highest BCUT2D eigenvalue weighted by molar-refractivity contribution is 5.79. The maximum Gasteiger partial charge on any atom is 0.315 e. The SMILES string of the molecule is CC1(C(=O)O)COCC1NC(=O)NC1CC2CCC1O2. The molecule has 2 bridgehead atoms. The monoisotopic (exact) mass is 284 g/mol. The molecular formula is C13H20N2O5. The first-order chi connectivity index (χ1) is 9.49. The zero-order valence-corrected chi connectivity index (χ0v) is 11.4. The van der Waals surface area contributed by atoms with Crippen molar-refractivity contribution >= 4 is 12.0 Å². The number of carbonyl (C=O) groups excluding carboxylic acids is 1. The van der Waals surface area contributed by atoms with E-state index in [1.807, 2.05) is 0 Å². The highest BCUT2D eigenvalue weighted by atomic mass is 16.5. The Balaban J connectivity index is 1.55. The summed E-state index contributed by atoms with van der Waals surface area (Å²) >= 11 is 0. The first-order valence-corrected chi connectivity index (χ1v) is 7.02. The Bertz CT molecular complexity index is 429. The number of aliphatic carboxylic acids is 1. The summed E-state index contributed by atoms with van der Waals surface area (Å²) in [6.07, 6.45) is 3.27. The van der Waals surface area contributed by atoms with Crippen LogP contribution in [0.5, 0.6) is 0 Å². The number of carboxylic acid groups (broad SMARTS) is 1. The summed E-state index contributed by atoms with van der Waals surface area (Å²) in [5, 5.41) is 14.9. The van der Waals surface area contributed by atoms with Gasteiger partial charge in [-0.3, -0.25) is 4.79 Å². The molecule has 0 aromatic heterocycles. The number of hydrogen-bond acceptors (Lipinski definition) is 4. The molecule has 0 saturated carbocycles. The van der Waals surface area contributed by atoms with E-state index < -0.39 is 17.4 Å². The van der Waals surface area contributed by atoms with E-state index in [2.05, 4.69) is 10.6 Å². The van der Waals surface area contributed by atoms with E-state index in [9.17, 15) is 14.7 Å². The molecule has 112 valence electrons. The third-order valence-electron chi connectivity index (χ3n) is 4.67. The van der Waals surface area contributed by atoms with E-state index in [0.717, 1.165) is 19.3 Å². The van der Waals surface area contributed by atoms with Crippen molar-refractivity contribution in [2.45, 2.75) is 50.5 Å². The minimum absolute atomic E-state index is 0.0344. The summed E-state index contributed by atoms with van der Waals surface area (Å²) in [6, 6.07) is -0.819. The lowest BCUT2D eigenvalue weighted by atomic mass is 9.85. The van der Waals surface area contributed by atoms with E-state index in [0.29, 0.717) is 0 Å². The van der Waals surface area contributed by atoms with Crippen LogP contribution in [0.2, 0.25) is 0 Å². The van der Waals surface area contributed by atoms with Crippen molar-refractivity contribution in [1.82, 2.24) is 10.6 Å². The third kappa shape index (κ3) is 2.25. The number of carboxylic acids is 1. The second-order valence-corrected chi connectivity index (χ2v) is 6.12. The van der Waals surface area contributed by atoms with Gasteiger partial charge in [0, 0.05) is 0 Å². The summed E-state index contributed by atoms with van der Waals surface area (Å²) < 4.78 is 10.9. The van der Waals surface area contributed by atoms with Gasteiger partial charge in [0.1, 0.15) is 5.41 Å². The molecule has 3 heterocycles. The molecule has 3 aliphatic heterocycles. The van der Waals surface area contributed by atoms with Gasteiger partial charge in [0.25, 0.3) is 0 Å². The van der Waals surface area contributed by atoms with Crippen LogP contribution >= 0.6 is 0 Å². The van der Waals surface area contributed by atoms with Crippen molar-refractivity contribution in [3.05, 3.63) is 0 Å². The molecule has 7 nitrogen and oxygen atoms in total. The van der Waals surface area contributed by atoms with Crippen LogP contribution in [-0.4, -0.2) is 54.6 Å². The second kappa shape index (κ2) is 4.89. The topological polar surface area (TPSA) is 96.9 Å². The molecule has 5 atom stereocenters. The molecule has 3 fully saturated rings. The van der Waals surface area contributed by atoms with Crippen molar-refractivity contribution in [2.75, 3.05) is 13.2 Å². The number of nitrogens with one attached hydrogen (secondary N) is 2. The van der Waals surface area contributed by atoms with Gasteiger partial charge in [0.2, 0.25) is 0 Å². The maximum absolute atomic E-state index is 12.0. The average Bonchev–Trinajstić information content (AvgIpc) is 3.06. The third-order valence-corrected chi connectivity index (χ3v) is 4.67. The summed E-state index contributed by atoms with van der Waals surface area (Å²) in [7, 11) is 0. The molecule has 5 unspecified atom stereocenters. The first-order valence-electron chi connectivity index (χ1n) is 7.02. The van der Waals surface area contributed by atoms with E-state index in [4.69, 9.17) is 9.47 Å². The van der Waals surface area contributed by atoms with Crippen molar-refractivity contribution in [3.63, 3.8) is 0 Å². The minimum atomic E-state index is -1.07. The van der Waals surface area contributed by atoms with Gasteiger partial charge in [-0.05, 0) is 26.2 Å². The van der Waals surface area contributed by atoms with Crippen molar-refractivity contribution in [3.8, 4) is 0 Å². The lowest BCUT2D eigenvalue weighted by molar-refractivity contribution is -0.148. The fourth-order valence-electron chi connectivity index (χ4n) is 3.24. The predicted octanol–water partition coefficient (Wildman–Crippen LogP) is 0.0952. The van der Waals surface area contributed by atoms with Gasteiger partial charge in [-0.15, -0.1) is 0 Å². The molecule has 0 aliphatic carbocycles. The van der Waals surface area contributed by atoms with Gasteiger partial charge in [0.15, 0.2) is 0 Å². The highest BCUT2D eigenvalue weighted by Gasteiger charge is 2.48. The fraction of sp³-hybridized carbons (Fsp3) is 0.846. The predicted molar refractivity (Wildman–Crippen MR) is 68.3 cm³/mol. The molecule has 7 heteroatoms. The van der Waals surface area contributed by atoms with E-state index in [1.165, 1.54) is 0 Å². The van der Waals surface area contributed by atoms with E-state index >= 15 is 0 Å². The molecule has 3 N–H and O–H groups in total. The van der Waals surface area contributed by atoms with Crippen LogP contribution < -0.4 is 10.6 Å². The Morgan fingerprint density at radius 3 is 2.70 bits per heavy atom. The summed E-state index contributed by atoms with van der Waals surface area (Å²) in [6.45, 7) is 1.93. The van der Waals surface area contributed by atoms with Crippen LogP contribution in [0, 0.1) is 5.41 Å². The van der Waals surface area contributed by atoms with Gasteiger partial charge >= 0.3 is 12.0 Å². The first kappa shape index (κ1) is 13.6. The molecule has 3 aliphatic rings. The number of ether oxygens (including phenoxy) is 2. The van der Waals surface area contributed by atoms with Crippen LogP contribution in [0.3, 0.4) is 0 Å². The van der Waals surface area contributed by atoms with Gasteiger partial charge in [0.05, 0.1) is 37.5 Å². The highest BCUT2D eigenvalue weighted by Crippen LogP contribution is 2.34. The normalized spacial score (nSPS) is 42.6. The average molecular weight is 284 g/mol. The number of hydrogen-bond donors (Lipinski definition) is 3. The van der Waals surface area contributed by atoms with Crippen LogP contribution in [0.15, 0.2) is 0 Å². The summed E-state index contributed by atoms with van der Waals surface area (Å²) in [5.74, 6) is -0.955. The van der Waals surface area contributed by atoms with Crippen LogP contribution in [0.1, 0.15) is 26.2 Å². The standard InChI is InChI=1S/C13H20N2O5/c1-13(11(16)17)6-19-5-10(13)15-12(18)14-8-4-7-2-3-9(8)20-7/h7-10H,2-6H2,1H3,(H,16,17)(H2,14,15,18). The molecule has 3 saturated heterocycles. The number of urea groups is 1. The quantitative estimate of drug-likeness (QED) is 0.682. The molecule has 20 heavy (non-hydrogen) atoms. The van der Waals surface area contributed by atoms with Crippen molar-refractivity contribution in [2.24, 2.45) is 5.41 Å². The van der Waals surface area contributed by atoms with Crippen LogP contribution in [0.25, 0.3) is 0 Å². The van der Waals surface area contributed by atoms with Crippen molar-refractivity contribution < 1.29 is 24.2 Å². The molecule has 3 rings (SSSR count). The Labute approximate surface area is 117 Å². The number of rotatable bonds is 3. The zero-order chi connectivity index (χ0) is 14.3. The maximum atomic E-state index is 12.0. The van der Waals surface area contributed by atoms with E-state index in [1.54, 1.807) is 6.92 Å². The minimum Gasteiger partial charge on any atom is -0.481 e. The molecule has 2 amide bonds. The largest absolute Gasteiger partial charge is 0.481 e. The van der Waals surface area contributed by atoms with Crippen LogP contribution in [0.4, 0.5) is 4.79 Å². The number of carbonyl (C=O) groups is 2. The van der Waals surface area contributed by atoms with Gasteiger partial charge < -0.3 is 25.2 Å². The Kier molecular flexibility index (Phi) is 3.33. The summed E-state index contributed by atoms with van der Waals surface area (Å²) in [5.41, 5.74) is -1.07. The fourth-order valence-corrected chi connectivity index (χ4v) is 3.24. The van der Waals surface area contributed by atoms with Crippen LogP contribution in [-0.2, 0) is 14.3 Å². The van der Waals surface area contributed by atoms with Gasteiger partial charge in [-0.2, -0.15) is 0 Å². The zero-order valence-electron chi connectivity index (χ0n) is 11.4. The molecule has 0 radical (unpaired) electrons. The number of amides is 2.